The fraction of sp³-hybridized carbons (Fsp3) is 0. The van der Waals surface area contributed by atoms with Crippen LogP contribution in [-0.2, 0) is 4.79 Å². The number of rotatable bonds is 3. The molecule has 0 spiro atoms. The molecule has 5 nitrogen and oxygen atoms in total. The van der Waals surface area contributed by atoms with E-state index in [1.165, 1.54) is 11.3 Å². The van der Waals surface area contributed by atoms with Crippen LogP contribution in [0, 0.1) is 0 Å². The summed E-state index contributed by atoms with van der Waals surface area (Å²) in [5, 5.41) is 2.89. The molecule has 1 fully saturated rings. The maximum absolute atomic E-state index is 12.3. The smallest absolute Gasteiger partial charge is 0.266 e. The third-order valence-corrected chi connectivity index (χ3v) is 4.90. The molecule has 22 heavy (non-hydrogen) atoms. The van der Waals surface area contributed by atoms with Gasteiger partial charge in [0.1, 0.15) is 0 Å². The number of pyridine rings is 1. The van der Waals surface area contributed by atoms with Gasteiger partial charge in [-0.05, 0) is 41.4 Å². The predicted octanol–water partition coefficient (Wildman–Crippen LogP) is 2.69. The van der Waals surface area contributed by atoms with Gasteiger partial charge in [-0.3, -0.25) is 20.0 Å². The van der Waals surface area contributed by atoms with Crippen LogP contribution in [-0.4, -0.2) is 26.1 Å². The molecule has 2 amide bonds. The summed E-state index contributed by atoms with van der Waals surface area (Å²) in [6, 6.07) is 7.07. The van der Waals surface area contributed by atoms with Crippen molar-refractivity contribution >= 4 is 57.5 Å². The number of hydrazine groups is 1. The Hall–Kier alpha value is -2.03. The number of aromatic nitrogens is 1. The van der Waals surface area contributed by atoms with Gasteiger partial charge in [0.15, 0.2) is 4.32 Å². The van der Waals surface area contributed by atoms with E-state index in [9.17, 15) is 9.59 Å². The van der Waals surface area contributed by atoms with Crippen LogP contribution in [0.5, 0.6) is 0 Å². The Labute approximate surface area is 140 Å². The number of nitrogens with one attached hydrogen (secondary N) is 1. The summed E-state index contributed by atoms with van der Waals surface area (Å²) in [5.41, 5.74) is 3.33. The number of thioether (sulfide) groups is 1. The molecule has 1 saturated heterocycles. The minimum absolute atomic E-state index is 0.296. The Morgan fingerprint density at radius 1 is 1.36 bits per heavy atom. The molecule has 0 radical (unpaired) electrons. The van der Waals surface area contributed by atoms with E-state index in [1.807, 2.05) is 6.07 Å². The van der Waals surface area contributed by atoms with Crippen molar-refractivity contribution in [1.29, 1.82) is 0 Å². The summed E-state index contributed by atoms with van der Waals surface area (Å²) in [4.78, 5) is 29.3. The fourth-order valence-corrected chi connectivity index (χ4v) is 3.53. The molecule has 0 atom stereocenters. The first kappa shape index (κ1) is 14.9. The van der Waals surface area contributed by atoms with Crippen molar-refractivity contribution in [3.63, 3.8) is 0 Å². The number of thiophene rings is 1. The van der Waals surface area contributed by atoms with Gasteiger partial charge in [-0.15, -0.1) is 11.3 Å². The number of carbonyl (C=O) groups excluding carboxylic acids is 2. The van der Waals surface area contributed by atoms with Crippen LogP contribution in [0.15, 0.2) is 46.9 Å². The number of amides is 2. The lowest BCUT2D eigenvalue weighted by atomic mass is 10.2. The van der Waals surface area contributed by atoms with E-state index in [-0.39, 0.29) is 11.8 Å². The third kappa shape index (κ3) is 3.08. The van der Waals surface area contributed by atoms with Crippen LogP contribution in [0.25, 0.3) is 6.08 Å². The van der Waals surface area contributed by atoms with E-state index < -0.39 is 0 Å². The molecule has 1 aliphatic rings. The largest absolute Gasteiger partial charge is 0.285 e. The van der Waals surface area contributed by atoms with Crippen LogP contribution >= 0.6 is 35.3 Å². The predicted molar refractivity (Wildman–Crippen MR) is 91.0 cm³/mol. The average Bonchev–Trinajstić information content (AvgIpc) is 3.13. The lowest BCUT2D eigenvalue weighted by Crippen LogP contribution is -2.44. The van der Waals surface area contributed by atoms with E-state index in [0.29, 0.717) is 14.1 Å². The van der Waals surface area contributed by atoms with Crippen LogP contribution in [0.2, 0.25) is 0 Å². The number of hydrogen-bond donors (Lipinski definition) is 1. The average molecular weight is 347 g/mol. The van der Waals surface area contributed by atoms with Crippen molar-refractivity contribution in [3.05, 3.63) is 57.4 Å². The van der Waals surface area contributed by atoms with E-state index in [1.54, 1.807) is 42.0 Å². The first-order chi connectivity index (χ1) is 10.6. The molecule has 3 heterocycles. The van der Waals surface area contributed by atoms with Crippen molar-refractivity contribution in [2.75, 3.05) is 0 Å². The highest BCUT2D eigenvalue weighted by Crippen LogP contribution is 2.31. The van der Waals surface area contributed by atoms with Crippen molar-refractivity contribution in [3.8, 4) is 0 Å². The summed E-state index contributed by atoms with van der Waals surface area (Å²) in [7, 11) is 0. The zero-order valence-corrected chi connectivity index (χ0v) is 13.5. The van der Waals surface area contributed by atoms with Crippen LogP contribution in [0.4, 0.5) is 0 Å². The lowest BCUT2D eigenvalue weighted by molar-refractivity contribution is -0.123. The number of nitrogens with zero attached hydrogens (tertiary/aromatic N) is 2. The third-order valence-electron chi connectivity index (χ3n) is 2.73. The first-order valence-corrected chi connectivity index (χ1v) is 8.28. The van der Waals surface area contributed by atoms with E-state index >= 15 is 0 Å². The van der Waals surface area contributed by atoms with Crippen LogP contribution < -0.4 is 5.43 Å². The van der Waals surface area contributed by atoms with Crippen LogP contribution in [0.3, 0.4) is 0 Å². The molecular formula is C14H9N3O2S3. The Balaban J connectivity index is 1.77. The quantitative estimate of drug-likeness (QED) is 0.683. The van der Waals surface area contributed by atoms with Gasteiger partial charge in [0.2, 0.25) is 0 Å². The molecule has 2 aromatic heterocycles. The van der Waals surface area contributed by atoms with Gasteiger partial charge in [-0.2, -0.15) is 5.01 Å². The monoisotopic (exact) mass is 347 g/mol. The SMILES string of the molecule is O=C(NN1C(=O)/C(=C\c2cccnc2)SC1=S)c1cccs1. The topological polar surface area (TPSA) is 62.3 Å². The van der Waals surface area contributed by atoms with Crippen molar-refractivity contribution in [2.24, 2.45) is 0 Å². The molecule has 110 valence electrons. The fourth-order valence-electron chi connectivity index (χ4n) is 1.74. The van der Waals surface area contributed by atoms with Crippen molar-refractivity contribution in [1.82, 2.24) is 15.4 Å². The first-order valence-electron chi connectivity index (χ1n) is 6.17. The van der Waals surface area contributed by atoms with E-state index in [2.05, 4.69) is 10.4 Å². The Bertz CT molecular complexity index is 757. The summed E-state index contributed by atoms with van der Waals surface area (Å²) >= 11 is 7.60. The molecular weight excluding hydrogens is 338 g/mol. The zero-order valence-electron chi connectivity index (χ0n) is 11.1. The van der Waals surface area contributed by atoms with Crippen molar-refractivity contribution in [2.45, 2.75) is 0 Å². The second-order valence-corrected chi connectivity index (χ2v) is 6.85. The zero-order chi connectivity index (χ0) is 15.5. The van der Waals surface area contributed by atoms with E-state index in [4.69, 9.17) is 12.2 Å². The van der Waals surface area contributed by atoms with Gasteiger partial charge in [0.25, 0.3) is 11.8 Å². The Morgan fingerprint density at radius 2 is 2.23 bits per heavy atom. The maximum Gasteiger partial charge on any atom is 0.285 e. The highest BCUT2D eigenvalue weighted by atomic mass is 32.2. The molecule has 0 aromatic carbocycles. The molecule has 1 N–H and O–H groups in total. The number of thiocarbonyl (C=S) groups is 1. The summed E-state index contributed by atoms with van der Waals surface area (Å²) < 4.78 is 0.296. The Morgan fingerprint density at radius 3 is 2.91 bits per heavy atom. The van der Waals surface area contributed by atoms with Crippen LogP contribution in [0.1, 0.15) is 15.2 Å². The molecule has 0 unspecified atom stereocenters. The maximum atomic E-state index is 12.3. The second kappa shape index (κ2) is 6.39. The molecule has 0 saturated carbocycles. The minimum Gasteiger partial charge on any atom is -0.266 e. The van der Waals surface area contributed by atoms with Gasteiger partial charge in [-0.1, -0.05) is 23.9 Å². The lowest BCUT2D eigenvalue weighted by Gasteiger charge is -2.14. The van der Waals surface area contributed by atoms with E-state index in [0.717, 1.165) is 22.3 Å². The number of hydrogen-bond acceptors (Lipinski definition) is 6. The minimum atomic E-state index is -0.353. The molecule has 1 aliphatic heterocycles. The molecule has 2 aromatic rings. The highest BCUT2D eigenvalue weighted by Gasteiger charge is 2.33. The summed E-state index contributed by atoms with van der Waals surface area (Å²) in [5.74, 6) is -0.697. The summed E-state index contributed by atoms with van der Waals surface area (Å²) in [6.07, 6.45) is 5.00. The highest BCUT2D eigenvalue weighted by molar-refractivity contribution is 8.26. The van der Waals surface area contributed by atoms with Gasteiger partial charge in [0.05, 0.1) is 9.78 Å². The van der Waals surface area contributed by atoms with Gasteiger partial charge < -0.3 is 0 Å². The molecule has 0 bridgehead atoms. The van der Waals surface area contributed by atoms with Gasteiger partial charge in [0, 0.05) is 12.4 Å². The van der Waals surface area contributed by atoms with Crippen molar-refractivity contribution < 1.29 is 9.59 Å². The van der Waals surface area contributed by atoms with Gasteiger partial charge >= 0.3 is 0 Å². The number of carbonyl (C=O) groups is 2. The van der Waals surface area contributed by atoms with Gasteiger partial charge in [-0.25, -0.2) is 0 Å². The molecule has 8 heteroatoms. The standard InChI is InChI=1S/C14H9N3O2S3/c18-12(10-4-2-6-21-10)16-17-13(19)11(22-14(17)20)7-9-3-1-5-15-8-9/h1-8H,(H,16,18)/b11-7+. The molecule has 0 aliphatic carbocycles. The second-order valence-electron chi connectivity index (χ2n) is 4.22. The normalized spacial score (nSPS) is 16.4. The summed E-state index contributed by atoms with van der Waals surface area (Å²) in [6.45, 7) is 0. The molecule has 3 rings (SSSR count). The Kier molecular flexibility index (Phi) is 4.32.